The summed E-state index contributed by atoms with van der Waals surface area (Å²) in [5.41, 5.74) is 0.792. The molecule has 0 atom stereocenters. The molecule has 0 spiro atoms. The monoisotopic (exact) mass is 264 g/mol. The highest BCUT2D eigenvalue weighted by atomic mass is 16.5. The Labute approximate surface area is 113 Å². The predicted molar refractivity (Wildman–Crippen MR) is 74.0 cm³/mol. The van der Waals surface area contributed by atoms with Crippen LogP contribution in [-0.2, 0) is 4.79 Å². The van der Waals surface area contributed by atoms with E-state index in [-0.39, 0.29) is 5.91 Å². The highest BCUT2D eigenvalue weighted by molar-refractivity contribution is 5.94. The van der Waals surface area contributed by atoms with Gasteiger partial charge in [-0.15, -0.1) is 0 Å². The number of anilines is 1. The number of rotatable bonds is 6. The Morgan fingerprint density at radius 2 is 2.00 bits per heavy atom. The third-order valence-electron chi connectivity index (χ3n) is 3.25. The Hall–Kier alpha value is -1.75. The molecular weight excluding hydrogens is 244 g/mol. The highest BCUT2D eigenvalue weighted by Crippen LogP contribution is 2.31. The molecular formula is C14H20N2O3. The fourth-order valence-electron chi connectivity index (χ4n) is 1.82. The van der Waals surface area contributed by atoms with E-state index in [2.05, 4.69) is 5.32 Å². The predicted octanol–water partition coefficient (Wildman–Crippen LogP) is 1.42. The molecule has 0 unspecified atom stereocenters. The number of ether oxygens (including phenoxy) is 2. The third kappa shape index (κ3) is 3.38. The maximum Gasteiger partial charge on any atom is 0.240 e. The molecule has 0 heterocycles. The molecule has 1 aromatic rings. The first-order chi connectivity index (χ1) is 9.15. The summed E-state index contributed by atoms with van der Waals surface area (Å²) in [5, 5.41) is 3.21. The zero-order valence-electron chi connectivity index (χ0n) is 11.6. The Morgan fingerprint density at radius 3 is 2.58 bits per heavy atom. The fraction of sp³-hybridized carbons (Fsp3) is 0.500. The molecule has 1 amide bonds. The van der Waals surface area contributed by atoms with Crippen LogP contribution in [0.25, 0.3) is 0 Å². The zero-order valence-corrected chi connectivity index (χ0v) is 11.6. The fourth-order valence-corrected chi connectivity index (χ4v) is 1.82. The van der Waals surface area contributed by atoms with E-state index in [9.17, 15) is 4.79 Å². The van der Waals surface area contributed by atoms with Crippen molar-refractivity contribution in [1.29, 1.82) is 0 Å². The number of nitrogens with one attached hydrogen (secondary N) is 1. The number of methoxy groups -OCH3 is 2. The molecule has 0 saturated heterocycles. The van der Waals surface area contributed by atoms with E-state index in [0.29, 0.717) is 24.1 Å². The van der Waals surface area contributed by atoms with Gasteiger partial charge in [0.15, 0.2) is 11.5 Å². The van der Waals surface area contributed by atoms with Gasteiger partial charge < -0.3 is 19.7 Å². The average molecular weight is 264 g/mol. The Bertz CT molecular complexity index is 458. The smallest absolute Gasteiger partial charge is 0.240 e. The summed E-state index contributed by atoms with van der Waals surface area (Å²) in [6.45, 7) is 0.371. The maximum absolute atomic E-state index is 12.0. The van der Waals surface area contributed by atoms with Crippen molar-refractivity contribution in [3.63, 3.8) is 0 Å². The minimum atomic E-state index is 0.0409. The van der Waals surface area contributed by atoms with E-state index < -0.39 is 0 Å². The van der Waals surface area contributed by atoms with Gasteiger partial charge in [0.2, 0.25) is 5.91 Å². The molecule has 0 radical (unpaired) electrons. The van der Waals surface area contributed by atoms with Crippen LogP contribution < -0.4 is 19.7 Å². The lowest BCUT2D eigenvalue weighted by Crippen LogP contribution is -2.36. The summed E-state index contributed by atoms with van der Waals surface area (Å²) in [7, 11) is 4.93. The summed E-state index contributed by atoms with van der Waals surface area (Å²) in [6.07, 6.45) is 2.35. The van der Waals surface area contributed by atoms with Crippen LogP contribution in [0.15, 0.2) is 18.2 Å². The lowest BCUT2D eigenvalue weighted by atomic mass is 10.2. The van der Waals surface area contributed by atoms with Gasteiger partial charge in [0.25, 0.3) is 0 Å². The Morgan fingerprint density at radius 1 is 1.32 bits per heavy atom. The quantitative estimate of drug-likeness (QED) is 0.844. The number of carbonyl (C=O) groups excluding carboxylic acids is 1. The van der Waals surface area contributed by atoms with Crippen LogP contribution in [0.1, 0.15) is 12.8 Å². The summed E-state index contributed by atoms with van der Waals surface area (Å²) in [4.78, 5) is 13.6. The Balaban J connectivity index is 2.04. The molecule has 104 valence electrons. The first-order valence-electron chi connectivity index (χ1n) is 6.37. The van der Waals surface area contributed by atoms with Gasteiger partial charge in [0, 0.05) is 24.8 Å². The molecule has 2 rings (SSSR count). The average Bonchev–Trinajstić information content (AvgIpc) is 3.27. The van der Waals surface area contributed by atoms with Crippen LogP contribution in [0, 0.1) is 0 Å². The van der Waals surface area contributed by atoms with Crippen molar-refractivity contribution in [3.8, 4) is 11.5 Å². The topological polar surface area (TPSA) is 50.8 Å². The van der Waals surface area contributed by atoms with Crippen molar-refractivity contribution in [3.05, 3.63) is 18.2 Å². The van der Waals surface area contributed by atoms with E-state index in [1.165, 1.54) is 12.8 Å². The summed E-state index contributed by atoms with van der Waals surface area (Å²) < 4.78 is 10.4. The van der Waals surface area contributed by atoms with Crippen LogP contribution in [0.5, 0.6) is 11.5 Å². The number of hydrogen-bond donors (Lipinski definition) is 1. The third-order valence-corrected chi connectivity index (χ3v) is 3.25. The number of hydrogen-bond acceptors (Lipinski definition) is 4. The lowest BCUT2D eigenvalue weighted by molar-refractivity contribution is -0.117. The molecule has 1 saturated carbocycles. The number of amides is 1. The summed E-state index contributed by atoms with van der Waals surface area (Å²) >= 11 is 0. The molecule has 19 heavy (non-hydrogen) atoms. The standard InChI is InChI=1S/C14H20N2O3/c1-16(14(17)9-15-10-4-5-10)11-6-7-12(18-2)13(8-11)19-3/h6-8,10,15H,4-5,9H2,1-3H3. The molecule has 0 aromatic heterocycles. The zero-order chi connectivity index (χ0) is 13.8. The van der Waals surface area contributed by atoms with Gasteiger partial charge in [-0.25, -0.2) is 0 Å². The van der Waals surface area contributed by atoms with Crippen LogP contribution in [0.3, 0.4) is 0 Å². The first-order valence-corrected chi connectivity index (χ1v) is 6.37. The first kappa shape index (κ1) is 13.7. The largest absolute Gasteiger partial charge is 0.493 e. The van der Waals surface area contributed by atoms with Gasteiger partial charge in [-0.2, -0.15) is 0 Å². The molecule has 5 heteroatoms. The van der Waals surface area contributed by atoms with E-state index in [0.717, 1.165) is 5.69 Å². The van der Waals surface area contributed by atoms with Crippen molar-refractivity contribution in [2.45, 2.75) is 18.9 Å². The summed E-state index contributed by atoms with van der Waals surface area (Å²) in [5.74, 6) is 1.32. The summed E-state index contributed by atoms with van der Waals surface area (Å²) in [6, 6.07) is 5.97. The number of carbonyl (C=O) groups is 1. The van der Waals surface area contributed by atoms with Crippen molar-refractivity contribution in [2.24, 2.45) is 0 Å². The van der Waals surface area contributed by atoms with Crippen LogP contribution in [0.2, 0.25) is 0 Å². The molecule has 1 fully saturated rings. The van der Waals surface area contributed by atoms with Crippen LogP contribution >= 0.6 is 0 Å². The number of benzene rings is 1. The number of likely N-dealkylation sites (N-methyl/N-ethyl adjacent to an activating group) is 1. The van der Waals surface area contributed by atoms with E-state index >= 15 is 0 Å². The molecule has 1 N–H and O–H groups in total. The highest BCUT2D eigenvalue weighted by Gasteiger charge is 2.22. The molecule has 0 bridgehead atoms. The van der Waals surface area contributed by atoms with E-state index in [1.54, 1.807) is 38.3 Å². The van der Waals surface area contributed by atoms with E-state index in [1.807, 2.05) is 6.07 Å². The molecule has 5 nitrogen and oxygen atoms in total. The minimum absolute atomic E-state index is 0.0409. The van der Waals surface area contributed by atoms with Crippen molar-refractivity contribution in [1.82, 2.24) is 5.32 Å². The van der Waals surface area contributed by atoms with Crippen LogP contribution in [0.4, 0.5) is 5.69 Å². The second-order valence-electron chi connectivity index (χ2n) is 4.65. The van der Waals surface area contributed by atoms with Crippen molar-refractivity contribution < 1.29 is 14.3 Å². The molecule has 1 aliphatic rings. The molecule has 0 aliphatic heterocycles. The molecule has 1 aliphatic carbocycles. The van der Waals surface area contributed by atoms with Gasteiger partial charge in [-0.3, -0.25) is 4.79 Å². The lowest BCUT2D eigenvalue weighted by Gasteiger charge is -2.19. The second kappa shape index (κ2) is 5.93. The van der Waals surface area contributed by atoms with Gasteiger partial charge >= 0.3 is 0 Å². The minimum Gasteiger partial charge on any atom is -0.493 e. The van der Waals surface area contributed by atoms with Gasteiger partial charge in [0.05, 0.1) is 20.8 Å². The SMILES string of the molecule is COc1ccc(N(C)C(=O)CNC2CC2)cc1OC. The van der Waals surface area contributed by atoms with Gasteiger partial charge in [-0.1, -0.05) is 0 Å². The van der Waals surface area contributed by atoms with Gasteiger partial charge in [-0.05, 0) is 25.0 Å². The maximum atomic E-state index is 12.0. The van der Waals surface area contributed by atoms with Crippen LogP contribution in [-0.4, -0.2) is 39.8 Å². The van der Waals surface area contributed by atoms with Gasteiger partial charge in [0.1, 0.15) is 0 Å². The van der Waals surface area contributed by atoms with E-state index in [4.69, 9.17) is 9.47 Å². The number of nitrogens with zero attached hydrogens (tertiary/aromatic N) is 1. The Kier molecular flexibility index (Phi) is 4.27. The van der Waals surface area contributed by atoms with Crippen molar-refractivity contribution in [2.75, 3.05) is 32.7 Å². The normalized spacial score (nSPS) is 14.1. The second-order valence-corrected chi connectivity index (χ2v) is 4.65. The molecule has 1 aromatic carbocycles. The van der Waals surface area contributed by atoms with Crippen molar-refractivity contribution >= 4 is 11.6 Å².